The lowest BCUT2D eigenvalue weighted by atomic mass is 10.1. The fourth-order valence-corrected chi connectivity index (χ4v) is 3.32. The summed E-state index contributed by atoms with van der Waals surface area (Å²) in [5, 5.41) is 4.10. The van der Waals surface area contributed by atoms with Crippen molar-refractivity contribution in [1.29, 1.82) is 0 Å². The lowest BCUT2D eigenvalue weighted by molar-refractivity contribution is 0.0943. The molecule has 130 valence electrons. The molecule has 5 nitrogen and oxygen atoms in total. The number of hydrogen-bond acceptors (Lipinski definition) is 3. The third-order valence-corrected chi connectivity index (χ3v) is 4.75. The molecule has 5 heteroatoms. The molecule has 2 N–H and O–H groups in total. The van der Waals surface area contributed by atoms with Crippen LogP contribution in [0.15, 0.2) is 24.3 Å². The molecule has 0 bridgehead atoms. The molecule has 2 heterocycles. The maximum atomic E-state index is 12.4. The number of likely N-dealkylation sites (tertiary alicyclic amines) is 1. The fraction of sp³-hybridized carbons (Fsp3) is 0.526. The van der Waals surface area contributed by atoms with E-state index in [-0.39, 0.29) is 5.91 Å². The van der Waals surface area contributed by atoms with E-state index in [1.54, 1.807) is 0 Å². The van der Waals surface area contributed by atoms with Crippen molar-refractivity contribution in [2.24, 2.45) is 5.92 Å². The fourth-order valence-electron chi connectivity index (χ4n) is 3.32. The first kappa shape index (κ1) is 16.8. The number of ether oxygens (including phenoxy) is 1. The van der Waals surface area contributed by atoms with Gasteiger partial charge >= 0.3 is 0 Å². The summed E-state index contributed by atoms with van der Waals surface area (Å²) < 4.78 is 5.50. The van der Waals surface area contributed by atoms with Gasteiger partial charge in [-0.1, -0.05) is 0 Å². The highest BCUT2D eigenvalue weighted by molar-refractivity contribution is 5.98. The zero-order valence-corrected chi connectivity index (χ0v) is 14.8. The van der Waals surface area contributed by atoms with Crippen molar-refractivity contribution in [3.05, 3.63) is 30.0 Å². The standard InChI is InChI=1S/C19H27N3O2/c1-4-24-16-6-5-15-9-18(21-17(15)10-16)19(23)20-11-14-7-8-22(12-14)13(2)3/h5-6,9-10,13-14,21H,4,7-8,11-12H2,1-3H3,(H,20,23)/t14-/m1/s1. The molecule has 1 aromatic carbocycles. The highest BCUT2D eigenvalue weighted by atomic mass is 16.5. The van der Waals surface area contributed by atoms with Gasteiger partial charge in [0.05, 0.1) is 6.61 Å². The maximum Gasteiger partial charge on any atom is 0.267 e. The number of hydrogen-bond donors (Lipinski definition) is 2. The van der Waals surface area contributed by atoms with Crippen molar-refractivity contribution < 1.29 is 9.53 Å². The zero-order valence-electron chi connectivity index (χ0n) is 14.8. The van der Waals surface area contributed by atoms with Gasteiger partial charge in [-0.05, 0) is 57.9 Å². The number of H-pyrrole nitrogens is 1. The molecule has 0 aliphatic carbocycles. The van der Waals surface area contributed by atoms with Gasteiger partial charge < -0.3 is 19.9 Å². The normalized spacial score (nSPS) is 18.4. The summed E-state index contributed by atoms with van der Waals surface area (Å²) in [6.45, 7) is 9.98. The number of amides is 1. The number of carbonyl (C=O) groups excluding carboxylic acids is 1. The lowest BCUT2D eigenvalue weighted by Crippen LogP contribution is -2.33. The molecule has 1 amide bonds. The van der Waals surface area contributed by atoms with Gasteiger partial charge in [0.1, 0.15) is 11.4 Å². The predicted octanol–water partition coefficient (Wildman–Crippen LogP) is 3.03. The van der Waals surface area contributed by atoms with E-state index in [0.717, 1.165) is 42.7 Å². The Bertz CT molecular complexity index is 708. The molecule has 1 aliphatic heterocycles. The van der Waals surface area contributed by atoms with Crippen LogP contribution in [0.4, 0.5) is 0 Å². The van der Waals surface area contributed by atoms with Crippen LogP contribution < -0.4 is 10.1 Å². The molecule has 1 saturated heterocycles. The largest absolute Gasteiger partial charge is 0.494 e. The first-order chi connectivity index (χ1) is 11.6. The van der Waals surface area contributed by atoms with Gasteiger partial charge in [-0.25, -0.2) is 0 Å². The minimum absolute atomic E-state index is 0.0350. The molecule has 24 heavy (non-hydrogen) atoms. The summed E-state index contributed by atoms with van der Waals surface area (Å²) >= 11 is 0. The number of fused-ring (bicyclic) bond motifs is 1. The van der Waals surface area contributed by atoms with Crippen molar-refractivity contribution in [3.63, 3.8) is 0 Å². The summed E-state index contributed by atoms with van der Waals surface area (Å²) in [6.07, 6.45) is 1.16. The van der Waals surface area contributed by atoms with E-state index < -0.39 is 0 Å². The Balaban J connectivity index is 1.60. The Labute approximate surface area is 143 Å². The van der Waals surface area contributed by atoms with E-state index in [2.05, 4.69) is 29.0 Å². The number of carbonyl (C=O) groups is 1. The Kier molecular flexibility index (Phi) is 5.09. The van der Waals surface area contributed by atoms with Crippen LogP contribution in [-0.4, -0.2) is 48.1 Å². The second-order valence-electron chi connectivity index (χ2n) is 6.82. The first-order valence-electron chi connectivity index (χ1n) is 8.84. The summed E-state index contributed by atoms with van der Waals surface area (Å²) in [5.74, 6) is 1.33. The average Bonchev–Trinajstić information content (AvgIpc) is 3.19. The zero-order chi connectivity index (χ0) is 17.1. The molecular weight excluding hydrogens is 302 g/mol. The average molecular weight is 329 g/mol. The number of nitrogens with zero attached hydrogens (tertiary/aromatic N) is 1. The Morgan fingerprint density at radius 3 is 2.96 bits per heavy atom. The molecule has 1 aliphatic rings. The first-order valence-corrected chi connectivity index (χ1v) is 8.84. The highest BCUT2D eigenvalue weighted by Crippen LogP contribution is 2.22. The van der Waals surface area contributed by atoms with Gasteiger partial charge in [0.25, 0.3) is 5.91 Å². The second kappa shape index (κ2) is 7.26. The van der Waals surface area contributed by atoms with Gasteiger partial charge in [0, 0.05) is 36.1 Å². The number of nitrogens with one attached hydrogen (secondary N) is 2. The second-order valence-corrected chi connectivity index (χ2v) is 6.82. The summed E-state index contributed by atoms with van der Waals surface area (Å²) in [4.78, 5) is 18.1. The SMILES string of the molecule is CCOc1ccc2cc(C(=O)NC[C@H]3CCN(C(C)C)C3)[nH]c2c1. The third-order valence-electron chi connectivity index (χ3n) is 4.75. The molecule has 1 atom stereocenters. The number of rotatable bonds is 6. The van der Waals surface area contributed by atoms with E-state index in [1.807, 2.05) is 31.2 Å². The molecular formula is C19H27N3O2. The van der Waals surface area contributed by atoms with Crippen LogP contribution in [0.3, 0.4) is 0 Å². The van der Waals surface area contributed by atoms with E-state index in [0.29, 0.717) is 24.3 Å². The molecule has 1 fully saturated rings. The van der Waals surface area contributed by atoms with Crippen LogP contribution in [0.5, 0.6) is 5.75 Å². The molecule has 0 unspecified atom stereocenters. The van der Waals surface area contributed by atoms with Crippen LogP contribution in [-0.2, 0) is 0 Å². The monoisotopic (exact) mass is 329 g/mol. The molecule has 2 aromatic rings. The van der Waals surface area contributed by atoms with Crippen molar-refractivity contribution in [1.82, 2.24) is 15.2 Å². The summed E-state index contributed by atoms with van der Waals surface area (Å²) in [6, 6.07) is 8.33. The van der Waals surface area contributed by atoms with Gasteiger partial charge in [-0.2, -0.15) is 0 Å². The van der Waals surface area contributed by atoms with E-state index in [9.17, 15) is 4.79 Å². The lowest BCUT2D eigenvalue weighted by Gasteiger charge is -2.20. The summed E-state index contributed by atoms with van der Waals surface area (Å²) in [5.41, 5.74) is 1.54. The van der Waals surface area contributed by atoms with Crippen molar-refractivity contribution in [2.45, 2.75) is 33.2 Å². The van der Waals surface area contributed by atoms with Gasteiger partial charge in [-0.15, -0.1) is 0 Å². The van der Waals surface area contributed by atoms with Crippen LogP contribution in [0.1, 0.15) is 37.7 Å². The van der Waals surface area contributed by atoms with Crippen molar-refractivity contribution in [2.75, 3.05) is 26.2 Å². The molecule has 0 saturated carbocycles. The Morgan fingerprint density at radius 2 is 2.25 bits per heavy atom. The van der Waals surface area contributed by atoms with Gasteiger partial charge in [0.2, 0.25) is 0 Å². The Hall–Kier alpha value is -2.01. The maximum absolute atomic E-state index is 12.4. The van der Waals surface area contributed by atoms with Crippen LogP contribution in [0.2, 0.25) is 0 Å². The molecule has 1 aromatic heterocycles. The summed E-state index contributed by atoms with van der Waals surface area (Å²) in [7, 11) is 0. The number of aromatic nitrogens is 1. The van der Waals surface area contributed by atoms with Gasteiger partial charge in [0.15, 0.2) is 0 Å². The van der Waals surface area contributed by atoms with E-state index in [4.69, 9.17) is 4.74 Å². The minimum Gasteiger partial charge on any atom is -0.494 e. The number of benzene rings is 1. The third kappa shape index (κ3) is 3.73. The van der Waals surface area contributed by atoms with Gasteiger partial charge in [-0.3, -0.25) is 4.79 Å². The van der Waals surface area contributed by atoms with Crippen LogP contribution in [0.25, 0.3) is 10.9 Å². The molecule has 0 spiro atoms. The highest BCUT2D eigenvalue weighted by Gasteiger charge is 2.24. The minimum atomic E-state index is -0.0350. The molecule has 0 radical (unpaired) electrons. The van der Waals surface area contributed by atoms with E-state index in [1.165, 1.54) is 0 Å². The smallest absolute Gasteiger partial charge is 0.267 e. The molecule has 3 rings (SSSR count). The number of aromatic amines is 1. The predicted molar refractivity (Wildman–Crippen MR) is 96.6 cm³/mol. The van der Waals surface area contributed by atoms with E-state index >= 15 is 0 Å². The van der Waals surface area contributed by atoms with Crippen LogP contribution in [0, 0.1) is 5.92 Å². The quantitative estimate of drug-likeness (QED) is 0.856. The van der Waals surface area contributed by atoms with Crippen LogP contribution >= 0.6 is 0 Å². The topological polar surface area (TPSA) is 57.4 Å². The Morgan fingerprint density at radius 1 is 1.42 bits per heavy atom. The van der Waals surface area contributed by atoms with Crippen molar-refractivity contribution >= 4 is 16.8 Å². The van der Waals surface area contributed by atoms with Crippen molar-refractivity contribution in [3.8, 4) is 5.75 Å².